The molecule has 37 heavy (non-hydrogen) atoms. The molecule has 1 saturated carbocycles. The van der Waals surface area contributed by atoms with Crippen LogP contribution in [0.15, 0.2) is 30.3 Å². The third-order valence-corrected chi connectivity index (χ3v) is 7.52. The first-order valence-corrected chi connectivity index (χ1v) is 12.4. The minimum absolute atomic E-state index is 0.0841. The molecule has 2 heterocycles. The SMILES string of the molecule is CC1(C(=O)O)CC2(C)CC(C)(C1)C(=O)N(n1nc(C(C)(C)C)cc1NC(=O)Nc1ccc(Cl)cc1)C2=O. The molecule has 1 aliphatic heterocycles. The maximum Gasteiger partial charge on any atom is 0.324 e. The normalized spacial score (nSPS) is 27.7. The van der Waals surface area contributed by atoms with Crippen molar-refractivity contribution >= 4 is 46.9 Å². The smallest absolute Gasteiger partial charge is 0.324 e. The fourth-order valence-electron chi connectivity index (χ4n) is 5.79. The van der Waals surface area contributed by atoms with Crippen LogP contribution in [0.5, 0.6) is 0 Å². The molecule has 4 amide bonds. The Balaban J connectivity index is 1.74. The van der Waals surface area contributed by atoms with E-state index in [1.54, 1.807) is 51.1 Å². The van der Waals surface area contributed by atoms with Gasteiger partial charge in [-0.1, -0.05) is 46.2 Å². The molecule has 2 aromatic rings. The number of amides is 4. The summed E-state index contributed by atoms with van der Waals surface area (Å²) in [6.45, 7) is 10.7. The Bertz CT molecular complexity index is 1270. The molecule has 1 aromatic heterocycles. The zero-order chi connectivity index (χ0) is 27.6. The van der Waals surface area contributed by atoms with E-state index in [1.165, 1.54) is 0 Å². The second kappa shape index (κ2) is 8.58. The fourth-order valence-corrected chi connectivity index (χ4v) is 5.92. The van der Waals surface area contributed by atoms with Crippen LogP contribution < -0.4 is 15.6 Å². The van der Waals surface area contributed by atoms with Gasteiger partial charge in [-0.25, -0.2) is 4.79 Å². The number of benzene rings is 1. The number of carbonyl (C=O) groups is 4. The molecule has 2 unspecified atom stereocenters. The van der Waals surface area contributed by atoms with Crippen molar-refractivity contribution in [3.05, 3.63) is 41.0 Å². The third kappa shape index (κ3) is 4.70. The molecule has 0 spiro atoms. The highest BCUT2D eigenvalue weighted by atomic mass is 35.5. The maximum absolute atomic E-state index is 13.9. The number of halogens is 1. The van der Waals surface area contributed by atoms with Gasteiger partial charge in [0.05, 0.1) is 21.9 Å². The van der Waals surface area contributed by atoms with Crippen LogP contribution in [0.4, 0.5) is 16.3 Å². The van der Waals surface area contributed by atoms with Crippen LogP contribution in [0, 0.1) is 16.2 Å². The van der Waals surface area contributed by atoms with Crippen molar-refractivity contribution in [1.82, 2.24) is 9.89 Å². The number of carbonyl (C=O) groups excluding carboxylic acids is 3. The van der Waals surface area contributed by atoms with Gasteiger partial charge >= 0.3 is 12.0 Å². The average molecular weight is 530 g/mol. The number of nitrogens with zero attached hydrogens (tertiary/aromatic N) is 3. The number of fused-ring (bicyclic) bond motifs is 2. The molecule has 0 radical (unpaired) electrons. The lowest BCUT2D eigenvalue weighted by Crippen LogP contribution is -2.67. The van der Waals surface area contributed by atoms with Gasteiger partial charge in [-0.3, -0.25) is 19.7 Å². The van der Waals surface area contributed by atoms with Crippen LogP contribution in [0.2, 0.25) is 5.02 Å². The molecule has 10 nitrogen and oxygen atoms in total. The molecular formula is C26H32ClN5O5. The van der Waals surface area contributed by atoms with Gasteiger partial charge in [0, 0.05) is 22.2 Å². The fraction of sp³-hybridized carbons (Fsp3) is 0.500. The summed E-state index contributed by atoms with van der Waals surface area (Å²) in [5.74, 6) is -2.00. The summed E-state index contributed by atoms with van der Waals surface area (Å²) in [5, 5.41) is 21.3. The van der Waals surface area contributed by atoms with Gasteiger partial charge in [0.2, 0.25) is 0 Å². The van der Waals surface area contributed by atoms with Gasteiger partial charge in [0.15, 0.2) is 5.82 Å². The number of carboxylic acids is 1. The predicted octanol–water partition coefficient (Wildman–Crippen LogP) is 4.77. The van der Waals surface area contributed by atoms with Crippen LogP contribution in [-0.4, -0.2) is 38.8 Å². The Morgan fingerprint density at radius 1 is 0.973 bits per heavy atom. The van der Waals surface area contributed by atoms with Gasteiger partial charge in [-0.05, 0) is 50.5 Å². The van der Waals surface area contributed by atoms with Crippen molar-refractivity contribution in [3.8, 4) is 0 Å². The Morgan fingerprint density at radius 3 is 2.00 bits per heavy atom. The number of rotatable bonds is 4. The minimum atomic E-state index is -1.22. The number of aliphatic carboxylic acids is 1. The molecule has 1 aliphatic carbocycles. The van der Waals surface area contributed by atoms with Crippen molar-refractivity contribution in [3.63, 3.8) is 0 Å². The maximum atomic E-state index is 13.9. The van der Waals surface area contributed by atoms with Crippen LogP contribution in [-0.2, 0) is 19.8 Å². The average Bonchev–Trinajstić information content (AvgIpc) is 3.17. The largest absolute Gasteiger partial charge is 0.481 e. The number of carboxylic acid groups (broad SMARTS) is 1. The monoisotopic (exact) mass is 529 g/mol. The summed E-state index contributed by atoms with van der Waals surface area (Å²) in [6, 6.07) is 7.57. The molecule has 4 rings (SSSR count). The van der Waals surface area contributed by atoms with E-state index in [2.05, 4.69) is 15.7 Å². The highest BCUT2D eigenvalue weighted by molar-refractivity contribution is 6.30. The van der Waals surface area contributed by atoms with Crippen molar-refractivity contribution in [2.24, 2.45) is 16.2 Å². The molecular weight excluding hydrogens is 498 g/mol. The van der Waals surface area contributed by atoms with E-state index in [1.807, 2.05) is 20.8 Å². The van der Waals surface area contributed by atoms with Gasteiger partial charge in [0.25, 0.3) is 11.8 Å². The van der Waals surface area contributed by atoms with E-state index in [0.717, 1.165) is 9.80 Å². The summed E-state index contributed by atoms with van der Waals surface area (Å²) >= 11 is 5.91. The van der Waals surface area contributed by atoms with Crippen molar-refractivity contribution < 1.29 is 24.3 Å². The van der Waals surface area contributed by atoms with Crippen LogP contribution in [0.25, 0.3) is 0 Å². The van der Waals surface area contributed by atoms with Crippen molar-refractivity contribution in [2.75, 3.05) is 15.6 Å². The minimum Gasteiger partial charge on any atom is -0.481 e. The summed E-state index contributed by atoms with van der Waals surface area (Å²) in [7, 11) is 0. The molecule has 1 aromatic carbocycles. The van der Waals surface area contributed by atoms with Crippen LogP contribution in [0.3, 0.4) is 0 Å². The summed E-state index contributed by atoms with van der Waals surface area (Å²) in [5.41, 5.74) is -2.84. The Labute approximate surface area is 220 Å². The van der Waals surface area contributed by atoms with Crippen molar-refractivity contribution in [1.29, 1.82) is 0 Å². The number of anilines is 2. The number of imide groups is 1. The number of hydrogen-bond donors (Lipinski definition) is 3. The first-order chi connectivity index (χ1) is 17.0. The number of hydrogen-bond acceptors (Lipinski definition) is 5. The van der Waals surface area contributed by atoms with Crippen LogP contribution in [0.1, 0.15) is 66.5 Å². The molecule has 2 aliphatic rings. The Kier molecular flexibility index (Phi) is 6.18. The summed E-state index contributed by atoms with van der Waals surface area (Å²) < 4.78 is 0. The summed E-state index contributed by atoms with van der Waals surface area (Å²) in [4.78, 5) is 53.8. The lowest BCUT2D eigenvalue weighted by molar-refractivity contribution is -0.169. The van der Waals surface area contributed by atoms with E-state index >= 15 is 0 Å². The van der Waals surface area contributed by atoms with Gasteiger partial charge in [-0.15, -0.1) is 4.79 Å². The third-order valence-electron chi connectivity index (χ3n) is 7.27. The number of piperidine rings is 1. The molecule has 3 N–H and O–H groups in total. The highest BCUT2D eigenvalue weighted by Crippen LogP contribution is 2.58. The van der Waals surface area contributed by atoms with Gasteiger partial charge in [-0.2, -0.15) is 10.1 Å². The zero-order valence-electron chi connectivity index (χ0n) is 21.8. The Morgan fingerprint density at radius 2 is 1.51 bits per heavy atom. The molecule has 2 fully saturated rings. The van der Waals surface area contributed by atoms with Crippen LogP contribution >= 0.6 is 11.6 Å². The Hall–Kier alpha value is -3.40. The number of nitrogens with one attached hydrogen (secondary N) is 2. The van der Waals surface area contributed by atoms with E-state index in [0.29, 0.717) is 16.4 Å². The summed E-state index contributed by atoms with van der Waals surface area (Å²) in [6.07, 6.45) is 0.408. The lowest BCUT2D eigenvalue weighted by atomic mass is 9.52. The van der Waals surface area contributed by atoms with Gasteiger partial charge in [0.1, 0.15) is 0 Å². The second-order valence-electron chi connectivity index (χ2n) is 12.1. The molecule has 1 saturated heterocycles. The molecule has 11 heteroatoms. The first-order valence-electron chi connectivity index (χ1n) is 12.0. The molecule has 2 bridgehead atoms. The van der Waals surface area contributed by atoms with E-state index in [9.17, 15) is 24.3 Å². The quantitative estimate of drug-likeness (QED) is 0.488. The molecule has 2 atom stereocenters. The number of aromatic nitrogens is 2. The standard InChI is InChI=1S/C26H32ClN5O5/c1-23(2,3)17-11-18(29-22(37)28-16-9-7-15(27)8-10-16)32(30-17)31-19(33)24(4)12-25(5,20(31)34)14-26(6,13-24)21(35)36/h7-11H,12-14H2,1-6H3,(H,35,36)(H2,28,29,37). The predicted molar refractivity (Wildman–Crippen MR) is 139 cm³/mol. The van der Waals surface area contributed by atoms with Crippen molar-refractivity contribution in [2.45, 2.75) is 66.2 Å². The highest BCUT2D eigenvalue weighted by Gasteiger charge is 2.64. The first kappa shape index (κ1) is 26.7. The lowest BCUT2D eigenvalue weighted by Gasteiger charge is -2.54. The zero-order valence-corrected chi connectivity index (χ0v) is 22.6. The van der Waals surface area contributed by atoms with E-state index in [4.69, 9.17) is 11.6 Å². The topological polar surface area (TPSA) is 134 Å². The second-order valence-corrected chi connectivity index (χ2v) is 12.5. The van der Waals surface area contributed by atoms with E-state index < -0.39 is 45.5 Å². The van der Waals surface area contributed by atoms with E-state index in [-0.39, 0.29) is 25.1 Å². The molecule has 198 valence electrons. The number of urea groups is 1. The van der Waals surface area contributed by atoms with Gasteiger partial charge < -0.3 is 10.4 Å².